The summed E-state index contributed by atoms with van der Waals surface area (Å²) in [5.74, 6) is 0. The van der Waals surface area contributed by atoms with E-state index in [1.54, 1.807) is 0 Å². The van der Waals surface area contributed by atoms with Crippen LogP contribution in [0, 0.1) is 0 Å². The molecule has 0 aliphatic heterocycles. The fraction of sp³-hybridized carbons (Fsp3) is 0.0323. The molecule has 0 saturated carbocycles. The van der Waals surface area contributed by atoms with Gasteiger partial charge in [0.15, 0.2) is 0 Å². The molecule has 3 heteroatoms. The van der Waals surface area contributed by atoms with Gasteiger partial charge in [-0.15, -0.1) is 0 Å². The van der Waals surface area contributed by atoms with Crippen molar-refractivity contribution in [3.05, 3.63) is 103 Å². The largest absolute Gasteiger partial charge is 0.455 e. The molecule has 0 aliphatic rings. The summed E-state index contributed by atoms with van der Waals surface area (Å²) in [5, 5.41) is 7.27. The Labute approximate surface area is 195 Å². The molecule has 0 amide bonds. The van der Waals surface area contributed by atoms with Crippen LogP contribution in [0.25, 0.3) is 71.2 Å². The van der Waals surface area contributed by atoms with Gasteiger partial charge >= 0.3 is 0 Å². The van der Waals surface area contributed by atoms with Crippen LogP contribution >= 0.6 is 0 Å². The van der Waals surface area contributed by atoms with Crippen LogP contribution in [0.1, 0.15) is 0 Å². The number of benzene rings is 5. The number of hydrogen-bond donors (Lipinski definition) is 0. The molecule has 0 bridgehead atoms. The minimum atomic E-state index is 0.926. The summed E-state index contributed by atoms with van der Waals surface area (Å²) >= 11 is 0. The molecule has 5 aromatic carbocycles. The van der Waals surface area contributed by atoms with Crippen LogP contribution in [-0.4, -0.2) is 9.13 Å². The quantitative estimate of drug-likeness (QED) is 0.254. The first-order chi connectivity index (χ1) is 16.8. The van der Waals surface area contributed by atoms with Crippen LogP contribution in [0.15, 0.2) is 108 Å². The molecule has 8 rings (SSSR count). The lowest BCUT2D eigenvalue weighted by Crippen LogP contribution is -1.93. The number of aromatic nitrogens is 2. The van der Waals surface area contributed by atoms with Gasteiger partial charge in [-0.3, -0.25) is 0 Å². The minimum Gasteiger partial charge on any atom is -0.455 e. The maximum absolute atomic E-state index is 6.56. The normalized spacial score (nSPS) is 12.3. The Morgan fingerprint density at radius 1 is 0.529 bits per heavy atom. The average molecular weight is 437 g/mol. The zero-order valence-corrected chi connectivity index (χ0v) is 18.6. The molecule has 8 aromatic rings. The highest BCUT2D eigenvalue weighted by Crippen LogP contribution is 2.44. The highest BCUT2D eigenvalue weighted by atomic mass is 16.3. The second kappa shape index (κ2) is 6.30. The Balaban J connectivity index is 1.71. The number of rotatable bonds is 1. The third-order valence-corrected chi connectivity index (χ3v) is 7.32. The van der Waals surface area contributed by atoms with Crippen LogP contribution in [-0.2, 0) is 7.05 Å². The van der Waals surface area contributed by atoms with Gasteiger partial charge in [0.25, 0.3) is 0 Å². The molecule has 3 aromatic heterocycles. The van der Waals surface area contributed by atoms with Crippen molar-refractivity contribution in [3.8, 4) is 5.69 Å². The van der Waals surface area contributed by atoms with E-state index in [1.165, 1.54) is 38.1 Å². The van der Waals surface area contributed by atoms with E-state index in [-0.39, 0.29) is 0 Å². The first-order valence-electron chi connectivity index (χ1n) is 11.6. The molecule has 0 aliphatic carbocycles. The standard InChI is InChI=1S/C31H20N2O/c1-32-24-13-7-5-11-20(24)22-15-17-25-28(30(22)32)29-26(33(25)19-9-3-2-4-10-19)18-16-23-21-12-6-8-14-27(21)34-31(23)29/h2-18H,1H3. The third kappa shape index (κ3) is 2.12. The van der Waals surface area contributed by atoms with E-state index in [2.05, 4.69) is 113 Å². The molecule has 0 fully saturated rings. The van der Waals surface area contributed by atoms with Crippen molar-refractivity contribution in [3.63, 3.8) is 0 Å². The Hall–Kier alpha value is -4.50. The summed E-state index contributed by atoms with van der Waals surface area (Å²) < 4.78 is 11.3. The monoisotopic (exact) mass is 436 g/mol. The molecule has 0 atom stereocenters. The van der Waals surface area contributed by atoms with Crippen molar-refractivity contribution in [1.82, 2.24) is 9.13 Å². The van der Waals surface area contributed by atoms with E-state index < -0.39 is 0 Å². The third-order valence-electron chi connectivity index (χ3n) is 7.32. The molecular weight excluding hydrogens is 416 g/mol. The molecule has 3 nitrogen and oxygen atoms in total. The first kappa shape index (κ1) is 18.0. The average Bonchev–Trinajstić information content (AvgIpc) is 3.52. The Morgan fingerprint density at radius 3 is 2.06 bits per heavy atom. The fourth-order valence-electron chi connectivity index (χ4n) is 5.88. The lowest BCUT2D eigenvalue weighted by Gasteiger charge is -2.07. The number of furan rings is 1. The van der Waals surface area contributed by atoms with Crippen molar-refractivity contribution in [2.45, 2.75) is 0 Å². The zero-order valence-electron chi connectivity index (χ0n) is 18.6. The van der Waals surface area contributed by atoms with E-state index in [4.69, 9.17) is 4.42 Å². The van der Waals surface area contributed by atoms with Crippen LogP contribution in [0.3, 0.4) is 0 Å². The maximum Gasteiger partial charge on any atom is 0.145 e. The molecular formula is C31H20N2O. The fourth-order valence-corrected chi connectivity index (χ4v) is 5.88. The summed E-state index contributed by atoms with van der Waals surface area (Å²) in [4.78, 5) is 0. The predicted octanol–water partition coefficient (Wildman–Crippen LogP) is 8.33. The van der Waals surface area contributed by atoms with Gasteiger partial charge < -0.3 is 13.6 Å². The second-order valence-electron chi connectivity index (χ2n) is 9.04. The molecule has 34 heavy (non-hydrogen) atoms. The van der Waals surface area contributed by atoms with Gasteiger partial charge in [-0.05, 0) is 42.5 Å². The second-order valence-corrected chi connectivity index (χ2v) is 9.04. The number of nitrogens with zero attached hydrogens (tertiary/aromatic N) is 2. The Morgan fingerprint density at radius 2 is 1.21 bits per heavy atom. The van der Waals surface area contributed by atoms with Crippen LogP contribution in [0.5, 0.6) is 0 Å². The van der Waals surface area contributed by atoms with E-state index >= 15 is 0 Å². The highest BCUT2D eigenvalue weighted by Gasteiger charge is 2.22. The molecule has 0 N–H and O–H groups in total. The van der Waals surface area contributed by atoms with Crippen LogP contribution < -0.4 is 0 Å². The summed E-state index contributed by atoms with van der Waals surface area (Å²) in [6, 6.07) is 36.6. The minimum absolute atomic E-state index is 0.926. The highest BCUT2D eigenvalue weighted by molar-refractivity contribution is 6.31. The van der Waals surface area contributed by atoms with Crippen LogP contribution in [0.4, 0.5) is 0 Å². The van der Waals surface area contributed by atoms with Gasteiger partial charge in [-0.2, -0.15) is 0 Å². The van der Waals surface area contributed by atoms with Gasteiger partial charge in [0, 0.05) is 45.2 Å². The summed E-state index contributed by atoms with van der Waals surface area (Å²) in [7, 11) is 2.18. The smallest absolute Gasteiger partial charge is 0.145 e. The zero-order chi connectivity index (χ0) is 22.4. The maximum atomic E-state index is 6.56. The molecule has 0 radical (unpaired) electrons. The number of aryl methyl sites for hydroxylation is 1. The van der Waals surface area contributed by atoms with Gasteiger partial charge in [0.1, 0.15) is 11.2 Å². The van der Waals surface area contributed by atoms with E-state index in [1.807, 2.05) is 6.07 Å². The lowest BCUT2D eigenvalue weighted by atomic mass is 10.1. The summed E-state index contributed by atoms with van der Waals surface area (Å²) in [5.41, 5.74) is 7.86. The van der Waals surface area contributed by atoms with Gasteiger partial charge in [-0.1, -0.05) is 60.7 Å². The van der Waals surface area contributed by atoms with E-state index in [0.717, 1.165) is 33.1 Å². The predicted molar refractivity (Wildman–Crippen MR) is 142 cm³/mol. The number of fused-ring (bicyclic) bond motifs is 11. The molecule has 3 heterocycles. The molecule has 160 valence electrons. The Kier molecular flexibility index (Phi) is 3.33. The topological polar surface area (TPSA) is 23.0 Å². The van der Waals surface area contributed by atoms with Crippen molar-refractivity contribution in [2.75, 3.05) is 0 Å². The Bertz CT molecular complexity index is 2070. The van der Waals surface area contributed by atoms with Crippen molar-refractivity contribution in [1.29, 1.82) is 0 Å². The SMILES string of the molecule is Cn1c2ccccc2c2ccc3c(c4c5oc6ccccc6c5ccc4n3-c3ccccc3)c21. The van der Waals surface area contributed by atoms with Crippen molar-refractivity contribution < 1.29 is 4.42 Å². The van der Waals surface area contributed by atoms with Crippen molar-refractivity contribution in [2.24, 2.45) is 7.05 Å². The van der Waals surface area contributed by atoms with E-state index in [9.17, 15) is 0 Å². The number of hydrogen-bond acceptors (Lipinski definition) is 1. The van der Waals surface area contributed by atoms with Crippen molar-refractivity contribution >= 4 is 65.6 Å². The molecule has 0 spiro atoms. The first-order valence-corrected chi connectivity index (χ1v) is 11.6. The summed E-state index contributed by atoms with van der Waals surface area (Å²) in [6.07, 6.45) is 0. The van der Waals surface area contributed by atoms with Crippen LogP contribution in [0.2, 0.25) is 0 Å². The van der Waals surface area contributed by atoms with Gasteiger partial charge in [0.2, 0.25) is 0 Å². The lowest BCUT2D eigenvalue weighted by molar-refractivity contribution is 0.673. The summed E-state index contributed by atoms with van der Waals surface area (Å²) in [6.45, 7) is 0. The molecule has 0 unspecified atom stereocenters. The number of para-hydroxylation sites is 3. The molecule has 0 saturated heterocycles. The van der Waals surface area contributed by atoms with Gasteiger partial charge in [-0.25, -0.2) is 0 Å². The van der Waals surface area contributed by atoms with Gasteiger partial charge in [0.05, 0.1) is 21.9 Å². The van der Waals surface area contributed by atoms with E-state index in [0.29, 0.717) is 0 Å².